The summed E-state index contributed by atoms with van der Waals surface area (Å²) in [5.74, 6) is 5.63. The second kappa shape index (κ2) is 25.6. The van der Waals surface area contributed by atoms with Gasteiger partial charge in [0.2, 0.25) is 0 Å². The first-order valence-corrected chi connectivity index (χ1v) is 27.5. The number of fused-ring (bicyclic) bond motifs is 7. The number of aryl methyl sites for hydroxylation is 2. The summed E-state index contributed by atoms with van der Waals surface area (Å²) in [4.78, 5) is 45.9. The van der Waals surface area contributed by atoms with Gasteiger partial charge in [0.05, 0.1) is 95.5 Å². The number of aromatic nitrogens is 1. The second-order valence-electron chi connectivity index (χ2n) is 20.3. The fraction of sp³-hybridized carbons (Fsp3) is 0.355. The highest BCUT2D eigenvalue weighted by Gasteiger charge is 2.38. The van der Waals surface area contributed by atoms with E-state index in [1.807, 2.05) is 79.7 Å². The molecule has 8 aliphatic heterocycles. The molecule has 0 fully saturated rings. The minimum Gasteiger partial charge on any atom is -0.491 e. The van der Waals surface area contributed by atoms with E-state index in [9.17, 15) is 0 Å². The summed E-state index contributed by atoms with van der Waals surface area (Å²) in [5, 5.41) is 5.37. The molecule has 0 atom stereocenters. The van der Waals surface area contributed by atoms with Crippen molar-refractivity contribution in [3.8, 4) is 5.75 Å². The molecule has 4 aromatic rings. The van der Waals surface area contributed by atoms with Crippen molar-refractivity contribution in [1.82, 2.24) is 39.8 Å². The van der Waals surface area contributed by atoms with Gasteiger partial charge in [0, 0.05) is 51.3 Å². The highest BCUT2D eigenvalue weighted by molar-refractivity contribution is 5.94. The fourth-order valence-corrected chi connectivity index (χ4v) is 10.6. The molecule has 0 radical (unpaired) electrons. The normalized spacial score (nSPS) is 17.5. The van der Waals surface area contributed by atoms with Crippen molar-refractivity contribution < 1.29 is 28.7 Å². The van der Waals surface area contributed by atoms with Crippen molar-refractivity contribution in [2.75, 3.05) is 92.7 Å². The van der Waals surface area contributed by atoms with Crippen LogP contribution in [0, 0.1) is 6.92 Å². The van der Waals surface area contributed by atoms with Crippen LogP contribution >= 0.6 is 0 Å². The summed E-state index contributed by atoms with van der Waals surface area (Å²) in [6.45, 7) is 15.0. The van der Waals surface area contributed by atoms with Crippen molar-refractivity contribution in [3.63, 3.8) is 0 Å². The van der Waals surface area contributed by atoms with Gasteiger partial charge in [0.15, 0.2) is 11.6 Å². The van der Waals surface area contributed by atoms with Gasteiger partial charge in [0.1, 0.15) is 60.2 Å². The van der Waals surface area contributed by atoms with Crippen LogP contribution in [0.5, 0.6) is 5.75 Å². The largest absolute Gasteiger partial charge is 0.491 e. The molecule has 8 aliphatic rings. The minimum atomic E-state index is 0.588. The Balaban J connectivity index is 0.000000135. The standard InChI is InChI=1S/C23H30N4O2.C20H24N4O2.C19H20N4O2/c1-4-12-25-15-18(2)22(29-13-8-11-19-9-6-5-7-10-19)21-23(25)27-17-26(28-3)16-20(27)14-24-21;1-15-12-22(2)20-18(21-11-17-13-23(25-3)14-24(17)20)19(15)26-10-9-16-7-5-4-6-8-16;1-14-10-21-19-17(20-11-16-12-22(24-2)13-23(16)19)18(14)25-9-8-15-6-4-3-5-7-15/h5-7,9-10,14,16H,4,8,11-13,15,17H2,1-3H3;4-8,11,13H,9-10,12,14H2,1-3H3;3-7,10-12H,8-9,13H2,1-2H3. The predicted octanol–water partition coefficient (Wildman–Crippen LogP) is 9.77. The molecule has 3 aromatic carbocycles. The average Bonchev–Trinajstić information content (AvgIpc) is 4.29. The zero-order valence-corrected chi connectivity index (χ0v) is 47.4. The summed E-state index contributed by atoms with van der Waals surface area (Å²) >= 11 is 0. The van der Waals surface area contributed by atoms with Crippen molar-refractivity contribution in [3.05, 3.63) is 201 Å². The second-order valence-corrected chi connectivity index (χ2v) is 20.3. The molecule has 9 heterocycles. The molecule has 0 saturated heterocycles. The van der Waals surface area contributed by atoms with Crippen molar-refractivity contribution >= 4 is 30.1 Å². The maximum atomic E-state index is 6.30. The van der Waals surface area contributed by atoms with E-state index in [1.54, 1.807) is 31.5 Å². The van der Waals surface area contributed by atoms with Gasteiger partial charge in [0.25, 0.3) is 0 Å². The van der Waals surface area contributed by atoms with E-state index in [1.165, 1.54) is 27.8 Å². The lowest BCUT2D eigenvalue weighted by Crippen LogP contribution is -2.42. The van der Waals surface area contributed by atoms with E-state index in [-0.39, 0.29) is 0 Å². The molecular weight excluding hydrogens is 1010 g/mol. The first-order chi connectivity index (χ1) is 39.1. The lowest BCUT2D eigenvalue weighted by molar-refractivity contribution is -0.0972. The van der Waals surface area contributed by atoms with Crippen molar-refractivity contribution in [1.29, 1.82) is 0 Å². The fourth-order valence-electron chi connectivity index (χ4n) is 10.6. The molecule has 0 saturated carbocycles. The van der Waals surface area contributed by atoms with Crippen LogP contribution in [0.1, 0.15) is 55.9 Å². The SMILES string of the molecule is CCCN1CC(C)=C(OCCCc2ccccc2)C2=C1N1CN(OC)C=C1C=N2.CON1C=C2C=NC3=C(N(C)CC(C)=C3OCCc3ccccc3)N2C1.CON1C=C2C=Nc3c(ncc(C)c3OCCc3ccccc3)N2C1. The van der Waals surface area contributed by atoms with Crippen LogP contribution in [0.4, 0.5) is 11.5 Å². The topological polar surface area (TPSA) is 131 Å². The predicted molar refractivity (Wildman–Crippen MR) is 312 cm³/mol. The molecule has 0 spiro atoms. The van der Waals surface area contributed by atoms with Gasteiger partial charge in [-0.05, 0) is 67.9 Å². The van der Waals surface area contributed by atoms with Crippen molar-refractivity contribution in [2.24, 2.45) is 15.0 Å². The molecular formula is C62H74N12O6. The van der Waals surface area contributed by atoms with Gasteiger partial charge >= 0.3 is 0 Å². The van der Waals surface area contributed by atoms with Crippen LogP contribution in [-0.2, 0) is 43.2 Å². The maximum Gasteiger partial charge on any atom is 0.164 e. The Morgan fingerprint density at radius 1 is 0.525 bits per heavy atom. The monoisotopic (exact) mass is 1080 g/mol. The summed E-state index contributed by atoms with van der Waals surface area (Å²) in [5.41, 5.74) is 13.0. The number of likely N-dealkylation sites (N-methyl/N-ethyl adjacent to an activating group) is 1. The third kappa shape index (κ3) is 12.3. The smallest absolute Gasteiger partial charge is 0.164 e. The number of ether oxygens (including phenoxy) is 3. The number of hydrogen-bond acceptors (Lipinski definition) is 18. The van der Waals surface area contributed by atoms with E-state index < -0.39 is 0 Å². The van der Waals surface area contributed by atoms with Gasteiger partial charge in [-0.1, -0.05) is 97.9 Å². The summed E-state index contributed by atoms with van der Waals surface area (Å²) < 4.78 is 18.6. The summed E-state index contributed by atoms with van der Waals surface area (Å²) in [6.07, 6.45) is 18.1. The van der Waals surface area contributed by atoms with Crippen LogP contribution < -0.4 is 9.64 Å². The number of anilines is 1. The first-order valence-electron chi connectivity index (χ1n) is 27.5. The van der Waals surface area contributed by atoms with Gasteiger partial charge in [-0.15, -0.1) is 0 Å². The molecule has 0 amide bonds. The van der Waals surface area contributed by atoms with Gasteiger partial charge in [-0.2, -0.15) is 0 Å². The number of allylic oxidation sites excluding steroid dienone is 3. The molecule has 18 nitrogen and oxygen atoms in total. The summed E-state index contributed by atoms with van der Waals surface area (Å²) in [6, 6.07) is 31.3. The maximum absolute atomic E-state index is 6.30. The van der Waals surface area contributed by atoms with E-state index >= 15 is 0 Å². The van der Waals surface area contributed by atoms with Crippen LogP contribution in [-0.4, -0.2) is 146 Å². The quantitative estimate of drug-likeness (QED) is 0.0876. The van der Waals surface area contributed by atoms with E-state index in [0.717, 1.165) is 126 Å². The Kier molecular flexibility index (Phi) is 17.6. The number of hydroxylamine groups is 6. The molecule has 0 N–H and O–H groups in total. The van der Waals surface area contributed by atoms with Crippen LogP contribution in [0.2, 0.25) is 0 Å². The van der Waals surface area contributed by atoms with Crippen LogP contribution in [0.3, 0.4) is 0 Å². The molecule has 80 heavy (non-hydrogen) atoms. The van der Waals surface area contributed by atoms with Crippen LogP contribution in [0.25, 0.3) is 0 Å². The molecule has 1 aromatic heterocycles. The molecule has 12 rings (SSSR count). The molecule has 418 valence electrons. The summed E-state index contributed by atoms with van der Waals surface area (Å²) in [7, 11) is 7.11. The zero-order chi connectivity index (χ0) is 55.5. The molecule has 18 heteroatoms. The van der Waals surface area contributed by atoms with Crippen molar-refractivity contribution in [2.45, 2.75) is 59.8 Å². The molecule has 0 bridgehead atoms. The van der Waals surface area contributed by atoms with Crippen LogP contribution in [0.15, 0.2) is 194 Å². The van der Waals surface area contributed by atoms with E-state index in [0.29, 0.717) is 39.8 Å². The Bertz CT molecular complexity index is 3170. The zero-order valence-electron chi connectivity index (χ0n) is 47.4. The molecule has 0 unspecified atom stereocenters. The highest BCUT2D eigenvalue weighted by Crippen LogP contribution is 2.44. The lowest BCUT2D eigenvalue weighted by Gasteiger charge is -2.40. The van der Waals surface area contributed by atoms with Gasteiger partial charge in [-0.25, -0.2) is 35.2 Å². The van der Waals surface area contributed by atoms with E-state index in [4.69, 9.17) is 38.7 Å². The van der Waals surface area contributed by atoms with E-state index in [2.05, 4.69) is 129 Å². The number of aliphatic imine (C=N–C) groups is 3. The molecule has 0 aliphatic carbocycles. The average molecular weight is 1080 g/mol. The Morgan fingerprint density at radius 3 is 1.56 bits per heavy atom. The third-order valence-electron chi connectivity index (χ3n) is 14.6. The number of hydrogen-bond donors (Lipinski definition) is 0. The number of nitrogens with zero attached hydrogens (tertiary/aromatic N) is 12. The number of benzene rings is 3. The Morgan fingerprint density at radius 2 is 1.00 bits per heavy atom. The highest BCUT2D eigenvalue weighted by atomic mass is 16.7. The Hall–Kier alpha value is -8.32. The number of pyridine rings is 1. The first kappa shape index (κ1) is 55.0. The van der Waals surface area contributed by atoms with Gasteiger partial charge < -0.3 is 38.7 Å². The Labute approximate surface area is 471 Å². The number of rotatable bonds is 18. The lowest BCUT2D eigenvalue weighted by atomic mass is 10.1. The minimum absolute atomic E-state index is 0.588. The van der Waals surface area contributed by atoms with Gasteiger partial charge in [-0.3, -0.25) is 14.5 Å². The third-order valence-corrected chi connectivity index (χ3v) is 14.6.